The van der Waals surface area contributed by atoms with Crippen LogP contribution in [-0.2, 0) is 9.53 Å². The van der Waals surface area contributed by atoms with E-state index in [9.17, 15) is 9.59 Å². The second-order valence-electron chi connectivity index (χ2n) is 10.9. The number of H-pyrrole nitrogens is 1. The zero-order chi connectivity index (χ0) is 25.6. The summed E-state index contributed by atoms with van der Waals surface area (Å²) in [6.07, 6.45) is 8.87. The Kier molecular flexibility index (Phi) is 6.20. The van der Waals surface area contributed by atoms with Crippen LogP contribution in [0, 0.1) is 12.3 Å². The number of aromatic nitrogens is 3. The first-order valence-electron chi connectivity index (χ1n) is 13.3. The Morgan fingerprint density at radius 1 is 1.16 bits per heavy atom. The van der Waals surface area contributed by atoms with E-state index >= 15 is 0 Å². The largest absolute Gasteiger partial charge is 0.381 e. The first-order valence-corrected chi connectivity index (χ1v) is 13.3. The molecule has 1 spiro atoms. The second-order valence-corrected chi connectivity index (χ2v) is 10.9. The highest BCUT2D eigenvalue weighted by molar-refractivity contribution is 6.06. The lowest BCUT2D eigenvalue weighted by atomic mass is 9.93. The Hall–Kier alpha value is -3.30. The third-order valence-corrected chi connectivity index (χ3v) is 8.46. The van der Waals surface area contributed by atoms with Crippen molar-refractivity contribution in [3.8, 4) is 0 Å². The summed E-state index contributed by atoms with van der Waals surface area (Å²) >= 11 is 0. The molecule has 3 N–H and O–H groups in total. The SMILES string of the molecule is Cc1ncc(NC(=O)CN2CCCC2C)cc1NC(=O)c1cnc2[nH]c(C3CC34CCOCC4)cc2c1. The molecular weight excluding hydrogens is 468 g/mol. The predicted octanol–water partition coefficient (Wildman–Crippen LogP) is 4.23. The van der Waals surface area contributed by atoms with E-state index in [-0.39, 0.29) is 11.8 Å². The van der Waals surface area contributed by atoms with Gasteiger partial charge in [0, 0.05) is 42.5 Å². The highest BCUT2D eigenvalue weighted by Crippen LogP contribution is 2.64. The van der Waals surface area contributed by atoms with Gasteiger partial charge in [-0.2, -0.15) is 0 Å². The molecule has 1 saturated carbocycles. The normalized spacial score (nSPS) is 22.9. The van der Waals surface area contributed by atoms with Crippen LogP contribution in [0.5, 0.6) is 0 Å². The van der Waals surface area contributed by atoms with Gasteiger partial charge in [-0.15, -0.1) is 0 Å². The van der Waals surface area contributed by atoms with Crippen LogP contribution in [0.15, 0.2) is 30.6 Å². The van der Waals surface area contributed by atoms with Crippen LogP contribution in [0.1, 0.15) is 66.7 Å². The third-order valence-electron chi connectivity index (χ3n) is 8.46. The van der Waals surface area contributed by atoms with E-state index in [2.05, 4.69) is 43.5 Å². The number of fused-ring (bicyclic) bond motifs is 1. The summed E-state index contributed by atoms with van der Waals surface area (Å²) in [5.41, 5.74) is 4.65. The van der Waals surface area contributed by atoms with E-state index in [0.29, 0.717) is 46.6 Å². The monoisotopic (exact) mass is 502 g/mol. The van der Waals surface area contributed by atoms with Gasteiger partial charge in [-0.25, -0.2) is 4.98 Å². The molecule has 0 bridgehead atoms. The van der Waals surface area contributed by atoms with Crippen LogP contribution in [0.3, 0.4) is 0 Å². The molecule has 3 aromatic heterocycles. The van der Waals surface area contributed by atoms with Crippen LogP contribution < -0.4 is 10.6 Å². The van der Waals surface area contributed by atoms with Gasteiger partial charge in [0.25, 0.3) is 5.91 Å². The minimum atomic E-state index is -0.260. The molecule has 6 rings (SSSR count). The lowest BCUT2D eigenvalue weighted by Crippen LogP contribution is -2.35. The number of hydrogen-bond acceptors (Lipinski definition) is 6. The number of nitrogens with one attached hydrogen (secondary N) is 3. The molecule has 3 aromatic rings. The van der Waals surface area contributed by atoms with Crippen molar-refractivity contribution in [2.24, 2.45) is 5.41 Å². The quantitative estimate of drug-likeness (QED) is 0.465. The first-order chi connectivity index (χ1) is 17.9. The number of carbonyl (C=O) groups excluding carboxylic acids is 2. The maximum Gasteiger partial charge on any atom is 0.257 e. The number of nitrogens with zero attached hydrogens (tertiary/aromatic N) is 3. The first kappa shape index (κ1) is 24.1. The minimum Gasteiger partial charge on any atom is -0.381 e. The van der Waals surface area contributed by atoms with Crippen molar-refractivity contribution in [1.29, 1.82) is 0 Å². The fourth-order valence-electron chi connectivity index (χ4n) is 6.00. The van der Waals surface area contributed by atoms with Gasteiger partial charge in [-0.1, -0.05) is 0 Å². The molecule has 37 heavy (non-hydrogen) atoms. The van der Waals surface area contributed by atoms with Gasteiger partial charge in [0.1, 0.15) is 5.65 Å². The van der Waals surface area contributed by atoms with Crippen molar-refractivity contribution >= 4 is 34.2 Å². The molecular formula is C28H34N6O3. The number of amides is 2. The van der Waals surface area contributed by atoms with Gasteiger partial charge < -0.3 is 20.4 Å². The van der Waals surface area contributed by atoms with E-state index in [0.717, 1.165) is 56.5 Å². The Balaban J connectivity index is 1.13. The molecule has 5 heterocycles. The molecule has 0 aromatic carbocycles. The number of aromatic amines is 1. The van der Waals surface area contributed by atoms with Crippen molar-refractivity contribution in [1.82, 2.24) is 19.9 Å². The predicted molar refractivity (Wildman–Crippen MR) is 142 cm³/mol. The van der Waals surface area contributed by atoms with Crippen LogP contribution in [0.25, 0.3) is 11.0 Å². The zero-order valence-electron chi connectivity index (χ0n) is 21.5. The van der Waals surface area contributed by atoms with Crippen LogP contribution in [0.2, 0.25) is 0 Å². The number of anilines is 2. The van der Waals surface area contributed by atoms with Crippen molar-refractivity contribution in [2.45, 2.75) is 57.9 Å². The average Bonchev–Trinajstić information content (AvgIpc) is 3.19. The average molecular weight is 503 g/mol. The van der Waals surface area contributed by atoms with E-state index in [1.807, 2.05) is 13.0 Å². The van der Waals surface area contributed by atoms with Gasteiger partial charge in [-0.05, 0) is 76.1 Å². The number of likely N-dealkylation sites (tertiary alicyclic amines) is 1. The standard InChI is InChI=1S/C28H34N6O3/c1-17-4-3-7-34(17)16-25(35)31-21-12-23(18(2)29-15-21)33-27(36)20-10-19-11-24(32-26(19)30-14-20)22-13-28(22)5-8-37-9-6-28/h10-12,14-15,17,22H,3-9,13,16H2,1-2H3,(H,30,32)(H,31,35)(H,33,36). The van der Waals surface area contributed by atoms with Crippen molar-refractivity contribution < 1.29 is 14.3 Å². The summed E-state index contributed by atoms with van der Waals surface area (Å²) < 4.78 is 5.55. The Morgan fingerprint density at radius 3 is 2.78 bits per heavy atom. The second kappa shape index (κ2) is 9.54. The zero-order valence-corrected chi connectivity index (χ0v) is 21.5. The minimum absolute atomic E-state index is 0.0761. The number of aryl methyl sites for hydroxylation is 1. The molecule has 1 aliphatic carbocycles. The molecule has 3 fully saturated rings. The Bertz CT molecular complexity index is 1340. The van der Waals surface area contributed by atoms with E-state index in [1.165, 1.54) is 12.1 Å². The molecule has 9 heteroatoms. The van der Waals surface area contributed by atoms with E-state index in [1.54, 1.807) is 18.5 Å². The molecule has 2 saturated heterocycles. The summed E-state index contributed by atoms with van der Waals surface area (Å²) in [6, 6.07) is 6.19. The number of pyridine rings is 2. The van der Waals surface area contributed by atoms with Crippen LogP contribution in [-0.4, -0.2) is 64.0 Å². The molecule has 0 radical (unpaired) electrons. The lowest BCUT2D eigenvalue weighted by Gasteiger charge is -2.22. The number of hydrogen-bond donors (Lipinski definition) is 3. The maximum atomic E-state index is 13.1. The molecule has 2 amide bonds. The maximum absolute atomic E-state index is 13.1. The number of carbonyl (C=O) groups is 2. The molecule has 2 aliphatic heterocycles. The van der Waals surface area contributed by atoms with Crippen molar-refractivity contribution in [3.05, 3.63) is 47.5 Å². The molecule has 3 aliphatic rings. The molecule has 2 atom stereocenters. The van der Waals surface area contributed by atoms with E-state index < -0.39 is 0 Å². The van der Waals surface area contributed by atoms with Gasteiger partial charge in [0.05, 0.1) is 35.4 Å². The summed E-state index contributed by atoms with van der Waals surface area (Å²) in [4.78, 5) is 40.2. The highest BCUT2D eigenvalue weighted by atomic mass is 16.5. The van der Waals surface area contributed by atoms with Crippen LogP contribution in [0.4, 0.5) is 11.4 Å². The van der Waals surface area contributed by atoms with Gasteiger partial charge in [-0.3, -0.25) is 19.5 Å². The summed E-state index contributed by atoms with van der Waals surface area (Å²) in [6.45, 7) is 6.97. The fraction of sp³-hybridized carbons (Fsp3) is 0.500. The summed E-state index contributed by atoms with van der Waals surface area (Å²) in [7, 11) is 0. The lowest BCUT2D eigenvalue weighted by molar-refractivity contribution is -0.117. The van der Waals surface area contributed by atoms with Gasteiger partial charge in [0.2, 0.25) is 5.91 Å². The summed E-state index contributed by atoms with van der Waals surface area (Å²) in [5, 5.41) is 6.80. The summed E-state index contributed by atoms with van der Waals surface area (Å²) in [5.74, 6) is 0.180. The van der Waals surface area contributed by atoms with E-state index in [4.69, 9.17) is 4.74 Å². The topological polar surface area (TPSA) is 112 Å². The Labute approximate surface area is 216 Å². The molecule has 194 valence electrons. The number of rotatable bonds is 6. The van der Waals surface area contributed by atoms with Crippen molar-refractivity contribution in [2.75, 3.05) is 36.9 Å². The molecule has 9 nitrogen and oxygen atoms in total. The Morgan fingerprint density at radius 2 is 2.00 bits per heavy atom. The number of ether oxygens (including phenoxy) is 1. The molecule has 2 unspecified atom stereocenters. The highest BCUT2D eigenvalue weighted by Gasteiger charge is 2.55. The smallest absolute Gasteiger partial charge is 0.257 e. The van der Waals surface area contributed by atoms with Gasteiger partial charge in [0.15, 0.2) is 0 Å². The van der Waals surface area contributed by atoms with Gasteiger partial charge >= 0.3 is 0 Å². The van der Waals surface area contributed by atoms with Crippen LogP contribution >= 0.6 is 0 Å². The fourth-order valence-corrected chi connectivity index (χ4v) is 6.00. The van der Waals surface area contributed by atoms with Crippen molar-refractivity contribution in [3.63, 3.8) is 0 Å². The third kappa shape index (κ3) is 4.85.